The first-order valence-electron chi connectivity index (χ1n) is 8.40. The summed E-state index contributed by atoms with van der Waals surface area (Å²) in [5.74, 6) is 0.526. The number of carbonyl (C=O) groups excluding carboxylic acids is 1. The highest BCUT2D eigenvalue weighted by molar-refractivity contribution is 5.82. The average molecular weight is 319 g/mol. The number of nitrogens with zero attached hydrogens (tertiary/aromatic N) is 2. The van der Waals surface area contributed by atoms with Gasteiger partial charge in [-0.3, -0.25) is 20.1 Å². The van der Waals surface area contributed by atoms with E-state index >= 15 is 0 Å². The monoisotopic (exact) mass is 319 g/mol. The highest BCUT2D eigenvalue weighted by Crippen LogP contribution is 2.41. The molecule has 23 heavy (non-hydrogen) atoms. The van der Waals surface area contributed by atoms with Gasteiger partial charge < -0.3 is 4.74 Å². The van der Waals surface area contributed by atoms with Gasteiger partial charge in [-0.25, -0.2) is 0 Å². The van der Waals surface area contributed by atoms with Gasteiger partial charge in [-0.15, -0.1) is 0 Å². The maximum absolute atomic E-state index is 12.9. The highest BCUT2D eigenvalue weighted by Gasteiger charge is 2.51. The van der Waals surface area contributed by atoms with E-state index in [-0.39, 0.29) is 17.9 Å². The van der Waals surface area contributed by atoms with Gasteiger partial charge >= 0.3 is 5.97 Å². The summed E-state index contributed by atoms with van der Waals surface area (Å²) in [7, 11) is 0. The van der Waals surface area contributed by atoms with Gasteiger partial charge in [-0.05, 0) is 45.4 Å². The number of hydrogen-bond donors (Lipinski definition) is 1. The molecular formula is C18H29N3O2. The van der Waals surface area contributed by atoms with Gasteiger partial charge in [-0.2, -0.15) is 0 Å². The summed E-state index contributed by atoms with van der Waals surface area (Å²) in [5, 5.41) is 3.55. The molecule has 1 aromatic rings. The Balaban J connectivity index is 2.28. The summed E-state index contributed by atoms with van der Waals surface area (Å²) in [6.07, 6.45) is 6.64. The van der Waals surface area contributed by atoms with Crippen molar-refractivity contribution >= 4 is 5.97 Å². The molecule has 5 nitrogen and oxygen atoms in total. The predicted octanol–water partition coefficient (Wildman–Crippen LogP) is 3.27. The molecule has 3 atom stereocenters. The lowest BCUT2D eigenvalue weighted by atomic mass is 9.84. The maximum atomic E-state index is 12.9. The van der Waals surface area contributed by atoms with Gasteiger partial charge in [0.15, 0.2) is 0 Å². The van der Waals surface area contributed by atoms with Gasteiger partial charge in [0.25, 0.3) is 0 Å². The number of hydrogen-bond acceptors (Lipinski definition) is 5. The zero-order valence-corrected chi connectivity index (χ0v) is 15.1. The van der Waals surface area contributed by atoms with Crippen molar-refractivity contribution in [1.82, 2.24) is 15.3 Å². The minimum Gasteiger partial charge on any atom is -0.459 e. The van der Waals surface area contributed by atoms with Crippen LogP contribution < -0.4 is 5.32 Å². The van der Waals surface area contributed by atoms with Crippen molar-refractivity contribution < 1.29 is 9.53 Å². The molecule has 0 aromatic carbocycles. The molecule has 2 heterocycles. The molecule has 0 amide bonds. The van der Waals surface area contributed by atoms with E-state index in [4.69, 9.17) is 4.74 Å². The summed E-state index contributed by atoms with van der Waals surface area (Å²) >= 11 is 0. The lowest BCUT2D eigenvalue weighted by molar-refractivity contribution is -0.163. The number of carbonyl (C=O) groups is 1. The summed E-state index contributed by atoms with van der Waals surface area (Å²) in [4.78, 5) is 21.5. The SMILES string of the molecule is CC(C)C[C@@]1(C(=O)OC(C)(C)C)C[C@H](C)[C@H](c2cnccn2)N1. The van der Waals surface area contributed by atoms with Crippen molar-refractivity contribution in [2.24, 2.45) is 11.8 Å². The third kappa shape index (κ3) is 4.28. The molecule has 128 valence electrons. The maximum Gasteiger partial charge on any atom is 0.326 e. The van der Waals surface area contributed by atoms with Crippen LogP contribution in [0.2, 0.25) is 0 Å². The van der Waals surface area contributed by atoms with E-state index in [0.29, 0.717) is 5.92 Å². The molecule has 2 rings (SSSR count). The molecule has 1 N–H and O–H groups in total. The zero-order chi connectivity index (χ0) is 17.3. The third-order valence-corrected chi connectivity index (χ3v) is 4.12. The van der Waals surface area contributed by atoms with E-state index in [1.54, 1.807) is 18.6 Å². The minimum absolute atomic E-state index is 0.0231. The van der Waals surface area contributed by atoms with Gasteiger partial charge in [0.1, 0.15) is 11.1 Å². The van der Waals surface area contributed by atoms with Gasteiger partial charge in [0.2, 0.25) is 0 Å². The molecule has 1 aliphatic rings. The number of aromatic nitrogens is 2. The normalized spacial score (nSPS) is 28.1. The first kappa shape index (κ1) is 17.9. The largest absolute Gasteiger partial charge is 0.459 e. The van der Waals surface area contributed by atoms with E-state index in [2.05, 4.69) is 36.1 Å². The van der Waals surface area contributed by atoms with Crippen LogP contribution in [0.4, 0.5) is 0 Å². The Morgan fingerprint density at radius 3 is 2.65 bits per heavy atom. The van der Waals surface area contributed by atoms with Crippen LogP contribution in [0.25, 0.3) is 0 Å². The average Bonchev–Trinajstić information content (AvgIpc) is 2.75. The van der Waals surface area contributed by atoms with E-state index in [1.807, 2.05) is 20.8 Å². The highest BCUT2D eigenvalue weighted by atomic mass is 16.6. The van der Waals surface area contributed by atoms with Crippen molar-refractivity contribution in [3.05, 3.63) is 24.3 Å². The van der Waals surface area contributed by atoms with E-state index in [1.165, 1.54) is 0 Å². The lowest BCUT2D eigenvalue weighted by Crippen LogP contribution is -2.52. The molecule has 1 aliphatic heterocycles. The zero-order valence-electron chi connectivity index (χ0n) is 15.1. The first-order chi connectivity index (χ1) is 10.6. The van der Waals surface area contributed by atoms with Crippen molar-refractivity contribution in [1.29, 1.82) is 0 Å². The van der Waals surface area contributed by atoms with Crippen molar-refractivity contribution in [2.75, 3.05) is 0 Å². The molecule has 1 fully saturated rings. The summed E-state index contributed by atoms with van der Waals surface area (Å²) in [6, 6.07) is 0.0231. The van der Waals surface area contributed by atoms with Gasteiger partial charge in [-0.1, -0.05) is 20.8 Å². The second-order valence-corrected chi connectivity index (χ2v) is 8.12. The van der Waals surface area contributed by atoms with Crippen LogP contribution >= 0.6 is 0 Å². The molecule has 0 bridgehead atoms. The second kappa shape index (κ2) is 6.56. The van der Waals surface area contributed by atoms with Gasteiger partial charge in [0.05, 0.1) is 11.7 Å². The Hall–Kier alpha value is -1.49. The van der Waals surface area contributed by atoms with Crippen LogP contribution in [0, 0.1) is 11.8 Å². The van der Waals surface area contributed by atoms with Crippen LogP contribution in [-0.4, -0.2) is 27.1 Å². The Morgan fingerprint density at radius 2 is 2.13 bits per heavy atom. The fourth-order valence-corrected chi connectivity index (χ4v) is 3.44. The first-order valence-corrected chi connectivity index (χ1v) is 8.40. The molecule has 0 unspecified atom stereocenters. The Kier molecular flexibility index (Phi) is 5.09. The smallest absolute Gasteiger partial charge is 0.326 e. The Bertz CT molecular complexity index is 539. The molecular weight excluding hydrogens is 290 g/mol. The van der Waals surface area contributed by atoms with Crippen LogP contribution in [-0.2, 0) is 9.53 Å². The van der Waals surface area contributed by atoms with E-state index < -0.39 is 11.1 Å². The predicted molar refractivity (Wildman–Crippen MR) is 89.7 cm³/mol. The van der Waals surface area contributed by atoms with Crippen LogP contribution in [0.5, 0.6) is 0 Å². The Labute approximate surface area is 139 Å². The standard InChI is InChI=1S/C18H29N3O2/c1-12(2)9-18(16(22)23-17(4,5)6)10-13(3)15(21-18)14-11-19-7-8-20-14/h7-8,11-13,15,21H,9-10H2,1-6H3/t13-,15+,18-/m0/s1. The molecule has 1 saturated heterocycles. The van der Waals surface area contributed by atoms with E-state index in [9.17, 15) is 4.79 Å². The van der Waals surface area contributed by atoms with Crippen LogP contribution in [0.15, 0.2) is 18.6 Å². The minimum atomic E-state index is -0.650. The van der Waals surface area contributed by atoms with Crippen molar-refractivity contribution in [2.45, 2.75) is 71.6 Å². The van der Waals surface area contributed by atoms with Crippen molar-refractivity contribution in [3.8, 4) is 0 Å². The van der Waals surface area contributed by atoms with E-state index in [0.717, 1.165) is 18.5 Å². The fourth-order valence-electron chi connectivity index (χ4n) is 3.44. The number of nitrogens with one attached hydrogen (secondary N) is 1. The molecule has 0 spiro atoms. The molecule has 5 heteroatoms. The summed E-state index contributed by atoms with van der Waals surface area (Å²) in [5.41, 5.74) is -0.256. The molecule has 1 aromatic heterocycles. The van der Waals surface area contributed by atoms with Crippen LogP contribution in [0.3, 0.4) is 0 Å². The van der Waals surface area contributed by atoms with Crippen LogP contribution in [0.1, 0.15) is 66.1 Å². The number of ether oxygens (including phenoxy) is 1. The quantitative estimate of drug-likeness (QED) is 0.863. The lowest BCUT2D eigenvalue weighted by Gasteiger charge is -2.33. The molecule has 0 saturated carbocycles. The topological polar surface area (TPSA) is 64.1 Å². The summed E-state index contributed by atoms with van der Waals surface area (Å²) in [6.45, 7) is 12.1. The molecule has 0 radical (unpaired) electrons. The Morgan fingerprint density at radius 1 is 1.43 bits per heavy atom. The molecule has 0 aliphatic carbocycles. The number of esters is 1. The fraction of sp³-hybridized carbons (Fsp3) is 0.722. The second-order valence-electron chi connectivity index (χ2n) is 8.12. The number of rotatable bonds is 4. The summed E-state index contributed by atoms with van der Waals surface area (Å²) < 4.78 is 5.72. The van der Waals surface area contributed by atoms with Gasteiger partial charge in [0, 0.05) is 18.6 Å². The van der Waals surface area contributed by atoms with Crippen molar-refractivity contribution in [3.63, 3.8) is 0 Å². The third-order valence-electron chi connectivity index (χ3n) is 4.12.